The van der Waals surface area contributed by atoms with Crippen molar-refractivity contribution in [1.82, 2.24) is 4.72 Å². The Morgan fingerprint density at radius 3 is 2.45 bits per heavy atom. The van der Waals surface area contributed by atoms with E-state index in [1.54, 1.807) is 62.4 Å². The minimum atomic E-state index is -3.58. The van der Waals surface area contributed by atoms with Crippen molar-refractivity contribution in [3.05, 3.63) is 59.7 Å². The molecule has 0 aliphatic carbocycles. The largest absolute Gasteiger partial charge is 0.508 e. The smallest absolute Gasteiger partial charge is 0.241 e. The van der Waals surface area contributed by atoms with Crippen LogP contribution in [-0.4, -0.2) is 13.5 Å². The van der Waals surface area contributed by atoms with Crippen LogP contribution in [-0.2, 0) is 10.0 Å². The fraction of sp³-hybridized carbons (Fsp3) is 0.200. The molecule has 0 heterocycles. The van der Waals surface area contributed by atoms with Gasteiger partial charge in [0.15, 0.2) is 0 Å². The molecular formula is C15H17NO3S. The van der Waals surface area contributed by atoms with E-state index in [-0.39, 0.29) is 10.6 Å². The standard InChI is InChI=1S/C15H17NO3S/c1-11-6-3-4-9-15(11)20(18,19)16-12(2)13-7-5-8-14(17)10-13/h3-10,12,16-17H,1-2H3. The zero-order valence-corrected chi connectivity index (χ0v) is 12.2. The lowest BCUT2D eigenvalue weighted by Crippen LogP contribution is -2.27. The van der Waals surface area contributed by atoms with E-state index < -0.39 is 16.1 Å². The second kappa shape index (κ2) is 5.64. The Hall–Kier alpha value is -1.85. The normalized spacial score (nSPS) is 13.1. The minimum Gasteiger partial charge on any atom is -0.508 e. The van der Waals surface area contributed by atoms with Gasteiger partial charge in [-0.3, -0.25) is 0 Å². The third kappa shape index (κ3) is 3.18. The fourth-order valence-corrected chi connectivity index (χ4v) is 3.49. The number of phenols is 1. The van der Waals surface area contributed by atoms with E-state index in [9.17, 15) is 13.5 Å². The highest BCUT2D eigenvalue weighted by molar-refractivity contribution is 7.89. The molecule has 5 heteroatoms. The Labute approximate surface area is 119 Å². The van der Waals surface area contributed by atoms with Gasteiger partial charge in [0.05, 0.1) is 4.90 Å². The molecule has 2 rings (SSSR count). The molecule has 2 aromatic carbocycles. The molecule has 106 valence electrons. The second-order valence-electron chi connectivity index (χ2n) is 4.70. The summed E-state index contributed by atoms with van der Waals surface area (Å²) in [6.45, 7) is 3.50. The lowest BCUT2D eigenvalue weighted by Gasteiger charge is -2.16. The van der Waals surface area contributed by atoms with Crippen molar-refractivity contribution in [3.8, 4) is 5.75 Å². The molecule has 0 amide bonds. The summed E-state index contributed by atoms with van der Waals surface area (Å²) >= 11 is 0. The first kappa shape index (κ1) is 14.6. The van der Waals surface area contributed by atoms with Crippen molar-refractivity contribution in [2.45, 2.75) is 24.8 Å². The molecule has 0 aliphatic rings. The van der Waals surface area contributed by atoms with E-state index in [1.807, 2.05) is 0 Å². The van der Waals surface area contributed by atoms with Gasteiger partial charge in [0.25, 0.3) is 0 Å². The molecule has 0 spiro atoms. The van der Waals surface area contributed by atoms with E-state index in [0.29, 0.717) is 11.1 Å². The summed E-state index contributed by atoms with van der Waals surface area (Å²) in [5.74, 6) is 0.115. The van der Waals surface area contributed by atoms with Crippen molar-refractivity contribution >= 4 is 10.0 Å². The zero-order valence-electron chi connectivity index (χ0n) is 11.4. The van der Waals surface area contributed by atoms with Crippen molar-refractivity contribution in [1.29, 1.82) is 0 Å². The van der Waals surface area contributed by atoms with Crippen LogP contribution in [0, 0.1) is 6.92 Å². The topological polar surface area (TPSA) is 66.4 Å². The molecule has 4 nitrogen and oxygen atoms in total. The summed E-state index contributed by atoms with van der Waals surface area (Å²) < 4.78 is 27.3. The first-order valence-electron chi connectivity index (χ1n) is 6.27. The predicted octanol–water partition coefficient (Wildman–Crippen LogP) is 2.74. The van der Waals surface area contributed by atoms with E-state index in [2.05, 4.69) is 4.72 Å². The number of benzene rings is 2. The van der Waals surface area contributed by atoms with Crippen LogP contribution in [0.25, 0.3) is 0 Å². The third-order valence-corrected chi connectivity index (χ3v) is 4.79. The predicted molar refractivity (Wildman–Crippen MR) is 78.0 cm³/mol. The molecule has 0 saturated carbocycles. The SMILES string of the molecule is Cc1ccccc1S(=O)(=O)NC(C)c1cccc(O)c1. The first-order valence-corrected chi connectivity index (χ1v) is 7.75. The van der Waals surface area contributed by atoms with Gasteiger partial charge in [-0.05, 0) is 43.2 Å². The summed E-state index contributed by atoms with van der Waals surface area (Å²) in [7, 11) is -3.58. The monoisotopic (exact) mass is 291 g/mol. The lowest BCUT2D eigenvalue weighted by atomic mass is 10.1. The number of nitrogens with one attached hydrogen (secondary N) is 1. The highest BCUT2D eigenvalue weighted by atomic mass is 32.2. The Morgan fingerprint density at radius 1 is 1.10 bits per heavy atom. The maximum Gasteiger partial charge on any atom is 0.241 e. The van der Waals surface area contributed by atoms with Gasteiger partial charge in [-0.1, -0.05) is 30.3 Å². The number of phenolic OH excluding ortho intramolecular Hbond substituents is 1. The van der Waals surface area contributed by atoms with Gasteiger partial charge in [-0.15, -0.1) is 0 Å². The fourth-order valence-electron chi connectivity index (χ4n) is 2.02. The summed E-state index contributed by atoms with van der Waals surface area (Å²) in [6, 6.07) is 12.9. The molecule has 0 bridgehead atoms. The van der Waals surface area contributed by atoms with Crippen LogP contribution in [0.2, 0.25) is 0 Å². The van der Waals surface area contributed by atoms with Crippen LogP contribution in [0.15, 0.2) is 53.4 Å². The summed E-state index contributed by atoms with van der Waals surface area (Å²) in [4.78, 5) is 0.270. The molecule has 1 unspecified atom stereocenters. The van der Waals surface area contributed by atoms with Gasteiger partial charge < -0.3 is 5.11 Å². The lowest BCUT2D eigenvalue weighted by molar-refractivity contribution is 0.473. The van der Waals surface area contributed by atoms with E-state index >= 15 is 0 Å². The Morgan fingerprint density at radius 2 is 1.80 bits per heavy atom. The van der Waals surface area contributed by atoms with Gasteiger partial charge in [0, 0.05) is 6.04 Å². The van der Waals surface area contributed by atoms with Crippen LogP contribution in [0.4, 0.5) is 0 Å². The van der Waals surface area contributed by atoms with Crippen LogP contribution in [0.5, 0.6) is 5.75 Å². The van der Waals surface area contributed by atoms with Crippen molar-refractivity contribution < 1.29 is 13.5 Å². The van der Waals surface area contributed by atoms with Gasteiger partial charge in [0.1, 0.15) is 5.75 Å². The first-order chi connectivity index (χ1) is 9.40. The molecule has 20 heavy (non-hydrogen) atoms. The van der Waals surface area contributed by atoms with Crippen LogP contribution >= 0.6 is 0 Å². The summed E-state index contributed by atoms with van der Waals surface area (Å²) in [5.41, 5.74) is 1.41. The van der Waals surface area contributed by atoms with Gasteiger partial charge in [-0.2, -0.15) is 0 Å². The molecule has 0 aromatic heterocycles. The highest BCUT2D eigenvalue weighted by Crippen LogP contribution is 2.21. The maximum atomic E-state index is 12.3. The average Bonchev–Trinajstić information content (AvgIpc) is 2.38. The Balaban J connectivity index is 2.27. The molecule has 0 saturated heterocycles. The van der Waals surface area contributed by atoms with Gasteiger partial charge in [0.2, 0.25) is 10.0 Å². The van der Waals surface area contributed by atoms with Crippen LogP contribution in [0.1, 0.15) is 24.1 Å². The number of aryl methyl sites for hydroxylation is 1. The number of aromatic hydroxyl groups is 1. The molecule has 0 radical (unpaired) electrons. The minimum absolute atomic E-state index is 0.115. The van der Waals surface area contributed by atoms with Gasteiger partial charge in [-0.25, -0.2) is 13.1 Å². The van der Waals surface area contributed by atoms with Crippen LogP contribution in [0.3, 0.4) is 0 Å². The maximum absolute atomic E-state index is 12.3. The quantitative estimate of drug-likeness (QED) is 0.910. The van der Waals surface area contributed by atoms with Crippen molar-refractivity contribution in [2.24, 2.45) is 0 Å². The van der Waals surface area contributed by atoms with E-state index in [0.717, 1.165) is 0 Å². The molecule has 2 N–H and O–H groups in total. The molecule has 1 atom stereocenters. The van der Waals surface area contributed by atoms with Gasteiger partial charge >= 0.3 is 0 Å². The van der Waals surface area contributed by atoms with Crippen molar-refractivity contribution in [3.63, 3.8) is 0 Å². The molecular weight excluding hydrogens is 274 g/mol. The van der Waals surface area contributed by atoms with Crippen LogP contribution < -0.4 is 4.72 Å². The molecule has 2 aromatic rings. The Kier molecular flexibility index (Phi) is 4.11. The molecule has 0 fully saturated rings. The Bertz CT molecular complexity index is 711. The summed E-state index contributed by atoms with van der Waals surface area (Å²) in [5, 5.41) is 9.44. The average molecular weight is 291 g/mol. The third-order valence-electron chi connectivity index (χ3n) is 3.09. The van der Waals surface area contributed by atoms with E-state index in [4.69, 9.17) is 0 Å². The number of rotatable bonds is 4. The summed E-state index contributed by atoms with van der Waals surface area (Å²) in [6.07, 6.45) is 0. The molecule has 0 aliphatic heterocycles. The van der Waals surface area contributed by atoms with E-state index in [1.165, 1.54) is 0 Å². The van der Waals surface area contributed by atoms with Crippen molar-refractivity contribution in [2.75, 3.05) is 0 Å². The number of sulfonamides is 1. The number of hydrogen-bond donors (Lipinski definition) is 2. The zero-order chi connectivity index (χ0) is 14.8. The second-order valence-corrected chi connectivity index (χ2v) is 6.39. The highest BCUT2D eigenvalue weighted by Gasteiger charge is 2.19. The number of hydrogen-bond acceptors (Lipinski definition) is 3.